The highest BCUT2D eigenvalue weighted by molar-refractivity contribution is 6.06. The van der Waals surface area contributed by atoms with Gasteiger partial charge in [-0.3, -0.25) is 9.48 Å². The number of halogens is 1. The number of aromatic nitrogens is 4. The van der Waals surface area contributed by atoms with Crippen LogP contribution < -0.4 is 5.32 Å². The van der Waals surface area contributed by atoms with E-state index in [4.69, 9.17) is 0 Å². The van der Waals surface area contributed by atoms with Crippen molar-refractivity contribution in [2.45, 2.75) is 13.2 Å². The van der Waals surface area contributed by atoms with E-state index in [-0.39, 0.29) is 5.69 Å². The van der Waals surface area contributed by atoms with Gasteiger partial charge in [0.25, 0.3) is 5.91 Å². The molecule has 1 amide bonds. The zero-order chi connectivity index (χ0) is 17.9. The number of nitrogens with one attached hydrogen (secondary N) is 1. The van der Waals surface area contributed by atoms with Crippen molar-refractivity contribution in [1.82, 2.24) is 20.1 Å². The van der Waals surface area contributed by atoms with Gasteiger partial charge in [-0.2, -0.15) is 5.10 Å². The van der Waals surface area contributed by atoms with E-state index in [1.165, 1.54) is 6.20 Å². The van der Waals surface area contributed by atoms with Crippen LogP contribution in [0.15, 0.2) is 59.4 Å². The molecule has 0 fully saturated rings. The fraction of sp³-hybridized carbons (Fsp3) is 0.111. The molecule has 1 N–H and O–H groups in total. The first-order chi connectivity index (χ1) is 12.7. The minimum atomic E-state index is -0.488. The summed E-state index contributed by atoms with van der Waals surface area (Å²) in [6, 6.07) is 14.8. The number of amides is 1. The highest BCUT2D eigenvalue weighted by Crippen LogP contribution is 2.24. The second-order valence-electron chi connectivity index (χ2n) is 5.72. The van der Waals surface area contributed by atoms with Crippen LogP contribution in [0.3, 0.4) is 0 Å². The predicted molar refractivity (Wildman–Crippen MR) is 92.3 cm³/mol. The molecular weight excluding hydrogens is 337 g/mol. The van der Waals surface area contributed by atoms with Crippen molar-refractivity contribution in [3.8, 4) is 0 Å². The normalized spacial score (nSPS) is 11.0. The lowest BCUT2D eigenvalue weighted by molar-refractivity contribution is 0.101. The number of benzene rings is 2. The Hall–Kier alpha value is -3.55. The number of para-hydroxylation sites is 1. The molecule has 0 saturated carbocycles. The van der Waals surface area contributed by atoms with E-state index in [2.05, 4.69) is 25.4 Å². The molecule has 8 heteroatoms. The third kappa shape index (κ3) is 3.04. The minimum absolute atomic E-state index is 0.0745. The Morgan fingerprint density at radius 1 is 1.12 bits per heavy atom. The number of rotatable bonds is 5. The Morgan fingerprint density at radius 2 is 1.88 bits per heavy atom. The Labute approximate surface area is 147 Å². The van der Waals surface area contributed by atoms with Gasteiger partial charge < -0.3 is 5.32 Å². The van der Waals surface area contributed by atoms with Gasteiger partial charge in [0.1, 0.15) is 12.9 Å². The fourth-order valence-corrected chi connectivity index (χ4v) is 2.68. The maximum absolute atomic E-state index is 12.7. The lowest BCUT2D eigenvalue weighted by Gasteiger charge is -2.04. The summed E-state index contributed by atoms with van der Waals surface area (Å²) in [5.74, 6) is -0.0251. The number of anilines is 1. The van der Waals surface area contributed by atoms with Crippen molar-refractivity contribution in [1.29, 1.82) is 0 Å². The number of fused-ring (bicyclic) bond motifs is 1. The zero-order valence-corrected chi connectivity index (χ0v) is 13.6. The summed E-state index contributed by atoms with van der Waals surface area (Å²) in [6.07, 6.45) is 1.24. The average molecular weight is 351 g/mol. The Morgan fingerprint density at radius 3 is 2.62 bits per heavy atom. The van der Waals surface area contributed by atoms with Crippen LogP contribution in [-0.2, 0) is 13.2 Å². The van der Waals surface area contributed by atoms with Crippen LogP contribution >= 0.6 is 0 Å². The van der Waals surface area contributed by atoms with Gasteiger partial charge in [0.05, 0.1) is 12.1 Å². The molecule has 130 valence electrons. The molecule has 4 rings (SSSR count). The minimum Gasteiger partial charge on any atom is -0.303 e. The third-order valence-corrected chi connectivity index (χ3v) is 3.99. The number of carbonyl (C=O) groups excluding carboxylic acids is 1. The third-order valence-electron chi connectivity index (χ3n) is 3.99. The lowest BCUT2D eigenvalue weighted by Crippen LogP contribution is -2.13. The molecule has 0 unspecified atom stereocenters. The van der Waals surface area contributed by atoms with Crippen LogP contribution in [0.2, 0.25) is 0 Å². The fourth-order valence-electron chi connectivity index (χ4n) is 2.68. The zero-order valence-electron chi connectivity index (χ0n) is 13.6. The van der Waals surface area contributed by atoms with E-state index < -0.39 is 12.6 Å². The SMILES string of the molecule is O=C(Nc1nn(Cc2ccc(CF)cc2)c2ccccc12)c1cnon1. The van der Waals surface area contributed by atoms with Gasteiger partial charge in [-0.05, 0) is 28.4 Å². The molecule has 26 heavy (non-hydrogen) atoms. The summed E-state index contributed by atoms with van der Waals surface area (Å²) in [7, 11) is 0. The Kier molecular flexibility index (Phi) is 4.14. The first kappa shape index (κ1) is 15.9. The van der Waals surface area contributed by atoms with Crippen LogP contribution in [0.5, 0.6) is 0 Å². The maximum atomic E-state index is 12.7. The smallest absolute Gasteiger partial charge is 0.280 e. The van der Waals surface area contributed by atoms with E-state index in [1.54, 1.807) is 16.8 Å². The quantitative estimate of drug-likeness (QED) is 0.597. The molecule has 7 nitrogen and oxygen atoms in total. The molecule has 2 aromatic heterocycles. The molecular formula is C18H14FN5O2. The van der Waals surface area contributed by atoms with Crippen LogP contribution in [0, 0.1) is 0 Å². The summed E-state index contributed by atoms with van der Waals surface area (Å²) in [5.41, 5.74) is 2.56. The topological polar surface area (TPSA) is 85.8 Å². The molecule has 2 heterocycles. The summed E-state index contributed by atoms with van der Waals surface area (Å²) in [5, 5.41) is 15.0. The van der Waals surface area contributed by atoms with E-state index in [9.17, 15) is 9.18 Å². The summed E-state index contributed by atoms with van der Waals surface area (Å²) >= 11 is 0. The van der Waals surface area contributed by atoms with Gasteiger partial charge in [0.15, 0.2) is 11.5 Å². The molecule has 0 bridgehead atoms. The average Bonchev–Trinajstić information content (AvgIpc) is 3.32. The molecule has 0 spiro atoms. The van der Waals surface area contributed by atoms with Gasteiger partial charge in [0.2, 0.25) is 0 Å². The summed E-state index contributed by atoms with van der Waals surface area (Å²) < 4.78 is 18.9. The van der Waals surface area contributed by atoms with Crippen LogP contribution in [0.4, 0.5) is 10.2 Å². The first-order valence-corrected chi connectivity index (χ1v) is 7.93. The highest BCUT2D eigenvalue weighted by atomic mass is 19.1. The summed E-state index contributed by atoms with van der Waals surface area (Å²) in [6.45, 7) is 0.00648. The molecule has 0 aliphatic heterocycles. The van der Waals surface area contributed by atoms with Crippen LogP contribution in [0.25, 0.3) is 10.9 Å². The van der Waals surface area contributed by atoms with Crippen molar-refractivity contribution in [3.63, 3.8) is 0 Å². The lowest BCUT2D eigenvalue weighted by atomic mass is 10.1. The van der Waals surface area contributed by atoms with E-state index in [1.807, 2.05) is 36.4 Å². The monoisotopic (exact) mass is 351 g/mol. The van der Waals surface area contributed by atoms with Gasteiger partial charge in [-0.15, -0.1) is 0 Å². The molecule has 0 aliphatic rings. The van der Waals surface area contributed by atoms with Crippen molar-refractivity contribution in [2.24, 2.45) is 0 Å². The number of carbonyl (C=O) groups is 1. The van der Waals surface area contributed by atoms with Crippen molar-refractivity contribution < 1.29 is 13.8 Å². The molecule has 0 saturated heterocycles. The standard InChI is InChI=1S/C18H14FN5O2/c19-9-12-5-7-13(8-6-12)11-24-16-4-2-1-3-14(16)17(22-24)21-18(25)15-10-20-26-23-15/h1-8,10H,9,11H2,(H,21,22,25). The van der Waals surface area contributed by atoms with E-state index in [0.29, 0.717) is 17.9 Å². The molecule has 0 aliphatic carbocycles. The van der Waals surface area contributed by atoms with Crippen LogP contribution in [-0.4, -0.2) is 26.0 Å². The van der Waals surface area contributed by atoms with Gasteiger partial charge >= 0.3 is 0 Å². The van der Waals surface area contributed by atoms with Crippen molar-refractivity contribution >= 4 is 22.6 Å². The number of hydrogen-bond acceptors (Lipinski definition) is 5. The number of hydrogen-bond donors (Lipinski definition) is 1. The molecule has 2 aromatic carbocycles. The number of nitrogens with zero attached hydrogens (tertiary/aromatic N) is 4. The molecule has 0 radical (unpaired) electrons. The van der Waals surface area contributed by atoms with Crippen molar-refractivity contribution in [3.05, 3.63) is 71.5 Å². The van der Waals surface area contributed by atoms with Gasteiger partial charge in [-0.25, -0.2) is 9.02 Å². The second-order valence-corrected chi connectivity index (χ2v) is 5.72. The highest BCUT2D eigenvalue weighted by Gasteiger charge is 2.16. The van der Waals surface area contributed by atoms with E-state index >= 15 is 0 Å². The largest absolute Gasteiger partial charge is 0.303 e. The van der Waals surface area contributed by atoms with E-state index in [0.717, 1.165) is 16.5 Å². The predicted octanol–water partition coefficient (Wildman–Crippen LogP) is 3.19. The van der Waals surface area contributed by atoms with Gasteiger partial charge in [0, 0.05) is 5.39 Å². The summed E-state index contributed by atoms with van der Waals surface area (Å²) in [4.78, 5) is 12.2. The van der Waals surface area contributed by atoms with Gasteiger partial charge in [-0.1, -0.05) is 41.6 Å². The Bertz CT molecular complexity index is 1040. The molecule has 4 aromatic rings. The molecule has 0 atom stereocenters. The Balaban J connectivity index is 1.66. The maximum Gasteiger partial charge on any atom is 0.280 e. The first-order valence-electron chi connectivity index (χ1n) is 7.93. The number of alkyl halides is 1. The second kappa shape index (κ2) is 6.75. The van der Waals surface area contributed by atoms with Crippen molar-refractivity contribution in [2.75, 3.05) is 5.32 Å². The van der Waals surface area contributed by atoms with Crippen LogP contribution in [0.1, 0.15) is 21.6 Å².